The van der Waals surface area contributed by atoms with Gasteiger partial charge in [0.25, 0.3) is 5.91 Å². The molecule has 0 unspecified atom stereocenters. The van der Waals surface area contributed by atoms with Gasteiger partial charge in [0.05, 0.1) is 23.8 Å². The highest BCUT2D eigenvalue weighted by molar-refractivity contribution is 6.32. The maximum atomic E-state index is 12.9. The lowest BCUT2D eigenvalue weighted by Crippen LogP contribution is -2.13. The van der Waals surface area contributed by atoms with E-state index in [1.807, 2.05) is 26.0 Å². The van der Waals surface area contributed by atoms with E-state index < -0.39 is 0 Å². The zero-order chi connectivity index (χ0) is 24.3. The number of unbranched alkanes of at least 4 members (excludes halogenated alkanes) is 1. The lowest BCUT2D eigenvalue weighted by Gasteiger charge is -2.14. The fourth-order valence-corrected chi connectivity index (χ4v) is 3.32. The molecule has 0 aliphatic rings. The third-order valence-electron chi connectivity index (χ3n) is 4.95. The zero-order valence-corrected chi connectivity index (χ0v) is 20.1. The van der Waals surface area contributed by atoms with Crippen LogP contribution in [0.1, 0.15) is 53.0 Å². The molecule has 3 aromatic carbocycles. The Labute approximate surface area is 204 Å². The first-order valence-electron chi connectivity index (χ1n) is 11.2. The van der Waals surface area contributed by atoms with Crippen molar-refractivity contribution in [3.8, 4) is 11.5 Å². The molecule has 178 valence electrons. The van der Waals surface area contributed by atoms with E-state index in [0.717, 1.165) is 18.4 Å². The van der Waals surface area contributed by atoms with Gasteiger partial charge in [-0.05, 0) is 67.9 Å². The normalized spacial score (nSPS) is 10.4. The summed E-state index contributed by atoms with van der Waals surface area (Å²) in [6, 6.07) is 19.0. The number of rotatable bonds is 11. The summed E-state index contributed by atoms with van der Waals surface area (Å²) < 4.78 is 16.7. The monoisotopic (exact) mass is 481 g/mol. The summed E-state index contributed by atoms with van der Waals surface area (Å²) in [6.07, 6.45) is 1.78. The summed E-state index contributed by atoms with van der Waals surface area (Å²) in [5.74, 6) is 0.521. The number of carbonyl (C=O) groups is 2. The van der Waals surface area contributed by atoms with Crippen molar-refractivity contribution in [1.82, 2.24) is 0 Å². The SMILES string of the molecule is CCCCOC(=O)c1ccc(NC(=O)c2ccc(OCC)c(COc3ccccc3Cl)c2)cc1. The number of ether oxygens (including phenoxy) is 3. The number of anilines is 1. The predicted molar refractivity (Wildman–Crippen MR) is 133 cm³/mol. The number of hydrogen-bond donors (Lipinski definition) is 1. The summed E-state index contributed by atoms with van der Waals surface area (Å²) in [7, 11) is 0. The number of benzene rings is 3. The average Bonchev–Trinajstić information content (AvgIpc) is 2.85. The lowest BCUT2D eigenvalue weighted by molar-refractivity contribution is 0.0499. The van der Waals surface area contributed by atoms with Crippen LogP contribution in [0.4, 0.5) is 5.69 Å². The molecule has 0 fully saturated rings. The van der Waals surface area contributed by atoms with Crippen molar-refractivity contribution >= 4 is 29.2 Å². The molecule has 6 nitrogen and oxygen atoms in total. The fraction of sp³-hybridized carbons (Fsp3) is 0.259. The van der Waals surface area contributed by atoms with Gasteiger partial charge >= 0.3 is 5.97 Å². The fourth-order valence-electron chi connectivity index (χ4n) is 3.13. The minimum Gasteiger partial charge on any atom is -0.493 e. The second-order valence-corrected chi connectivity index (χ2v) is 7.90. The molecule has 0 aromatic heterocycles. The first-order chi connectivity index (χ1) is 16.5. The van der Waals surface area contributed by atoms with E-state index in [0.29, 0.717) is 46.5 Å². The number of esters is 1. The molecule has 1 amide bonds. The Morgan fingerprint density at radius 3 is 2.32 bits per heavy atom. The average molecular weight is 482 g/mol. The number of nitrogens with one attached hydrogen (secondary N) is 1. The topological polar surface area (TPSA) is 73.9 Å². The maximum Gasteiger partial charge on any atom is 0.338 e. The molecule has 3 aromatic rings. The lowest BCUT2D eigenvalue weighted by atomic mass is 10.1. The van der Waals surface area contributed by atoms with Crippen molar-refractivity contribution in [2.75, 3.05) is 18.5 Å². The van der Waals surface area contributed by atoms with E-state index in [1.54, 1.807) is 54.6 Å². The number of carbonyl (C=O) groups excluding carboxylic acids is 2. The Kier molecular flexibility index (Phi) is 9.35. The molecule has 0 bridgehead atoms. The maximum absolute atomic E-state index is 12.9. The van der Waals surface area contributed by atoms with Gasteiger partial charge in [0.1, 0.15) is 18.1 Å². The van der Waals surface area contributed by atoms with Crippen LogP contribution in [0.15, 0.2) is 66.7 Å². The van der Waals surface area contributed by atoms with Gasteiger partial charge in [-0.1, -0.05) is 37.1 Å². The molecule has 34 heavy (non-hydrogen) atoms. The molecule has 0 heterocycles. The van der Waals surface area contributed by atoms with Crippen molar-refractivity contribution in [3.63, 3.8) is 0 Å². The van der Waals surface area contributed by atoms with Crippen LogP contribution >= 0.6 is 11.6 Å². The molecule has 0 spiro atoms. The van der Waals surface area contributed by atoms with Crippen molar-refractivity contribution in [1.29, 1.82) is 0 Å². The van der Waals surface area contributed by atoms with Gasteiger partial charge in [-0.2, -0.15) is 0 Å². The van der Waals surface area contributed by atoms with Crippen LogP contribution in [0.2, 0.25) is 5.02 Å². The van der Waals surface area contributed by atoms with Crippen LogP contribution in [0.5, 0.6) is 11.5 Å². The van der Waals surface area contributed by atoms with E-state index in [-0.39, 0.29) is 18.5 Å². The summed E-state index contributed by atoms with van der Waals surface area (Å²) >= 11 is 6.18. The standard InChI is InChI=1S/C27H28ClNO5/c1-3-5-16-33-27(31)19-10-13-22(14-11-19)29-26(30)20-12-15-24(32-4-2)21(17-20)18-34-25-9-7-6-8-23(25)28/h6-15,17H,3-5,16,18H2,1-2H3,(H,29,30). The molecule has 0 atom stereocenters. The van der Waals surface area contributed by atoms with Gasteiger partial charge in [-0.3, -0.25) is 4.79 Å². The Hall–Kier alpha value is -3.51. The molecule has 0 radical (unpaired) electrons. The quantitative estimate of drug-likeness (QED) is 0.249. The van der Waals surface area contributed by atoms with Crippen molar-refractivity contribution < 1.29 is 23.8 Å². The summed E-state index contributed by atoms with van der Waals surface area (Å²) in [5, 5.41) is 3.35. The van der Waals surface area contributed by atoms with Gasteiger partial charge in [0.15, 0.2) is 0 Å². The smallest absolute Gasteiger partial charge is 0.338 e. The van der Waals surface area contributed by atoms with Gasteiger partial charge < -0.3 is 19.5 Å². The van der Waals surface area contributed by atoms with E-state index in [4.69, 9.17) is 25.8 Å². The van der Waals surface area contributed by atoms with Gasteiger partial charge in [0.2, 0.25) is 0 Å². The molecule has 7 heteroatoms. The highest BCUT2D eigenvalue weighted by atomic mass is 35.5. The number of hydrogen-bond acceptors (Lipinski definition) is 5. The van der Waals surface area contributed by atoms with E-state index >= 15 is 0 Å². The van der Waals surface area contributed by atoms with Crippen molar-refractivity contribution in [3.05, 3.63) is 88.4 Å². The minimum atomic E-state index is -0.374. The van der Waals surface area contributed by atoms with Crippen LogP contribution in [-0.2, 0) is 11.3 Å². The molecule has 3 rings (SSSR count). The third kappa shape index (κ3) is 6.99. The second kappa shape index (κ2) is 12.7. The van der Waals surface area contributed by atoms with Gasteiger partial charge in [-0.15, -0.1) is 0 Å². The molecule has 0 aliphatic carbocycles. The largest absolute Gasteiger partial charge is 0.493 e. The van der Waals surface area contributed by atoms with Crippen molar-refractivity contribution in [2.45, 2.75) is 33.3 Å². The molecule has 0 aliphatic heterocycles. The molecule has 0 saturated carbocycles. The summed E-state index contributed by atoms with van der Waals surface area (Å²) in [6.45, 7) is 4.99. The molecule has 0 saturated heterocycles. The van der Waals surface area contributed by atoms with E-state index in [9.17, 15) is 9.59 Å². The minimum absolute atomic E-state index is 0.190. The Bertz CT molecular complexity index is 1110. The van der Waals surface area contributed by atoms with Crippen LogP contribution in [0.25, 0.3) is 0 Å². The number of para-hydroxylation sites is 1. The van der Waals surface area contributed by atoms with Crippen LogP contribution in [0.3, 0.4) is 0 Å². The van der Waals surface area contributed by atoms with E-state index in [1.165, 1.54) is 0 Å². The predicted octanol–water partition coefficient (Wildman–Crippen LogP) is 6.53. The zero-order valence-electron chi connectivity index (χ0n) is 19.3. The third-order valence-corrected chi connectivity index (χ3v) is 5.26. The summed E-state index contributed by atoms with van der Waals surface area (Å²) in [4.78, 5) is 24.9. The molecule has 1 N–H and O–H groups in total. The van der Waals surface area contributed by atoms with Gasteiger partial charge in [-0.25, -0.2) is 4.79 Å². The van der Waals surface area contributed by atoms with Crippen molar-refractivity contribution in [2.24, 2.45) is 0 Å². The Morgan fingerprint density at radius 2 is 1.62 bits per heavy atom. The Balaban J connectivity index is 1.68. The van der Waals surface area contributed by atoms with Crippen LogP contribution in [-0.4, -0.2) is 25.1 Å². The van der Waals surface area contributed by atoms with Crippen LogP contribution in [0, 0.1) is 0 Å². The highest BCUT2D eigenvalue weighted by Gasteiger charge is 2.13. The first kappa shape index (κ1) is 25.1. The van der Waals surface area contributed by atoms with Gasteiger partial charge in [0, 0.05) is 16.8 Å². The molecular weight excluding hydrogens is 454 g/mol. The second-order valence-electron chi connectivity index (χ2n) is 7.50. The first-order valence-corrected chi connectivity index (χ1v) is 11.6. The summed E-state index contributed by atoms with van der Waals surface area (Å²) in [5.41, 5.74) is 2.18. The van der Waals surface area contributed by atoms with E-state index in [2.05, 4.69) is 5.32 Å². The number of halogens is 1. The molecular formula is C27H28ClNO5. The number of amides is 1. The van der Waals surface area contributed by atoms with Crippen LogP contribution < -0.4 is 14.8 Å². The Morgan fingerprint density at radius 1 is 0.882 bits per heavy atom. The highest BCUT2D eigenvalue weighted by Crippen LogP contribution is 2.27.